The van der Waals surface area contributed by atoms with E-state index < -0.39 is 11.8 Å². The molecule has 3 aromatic rings. The van der Waals surface area contributed by atoms with Gasteiger partial charge in [-0.3, -0.25) is 9.20 Å². The van der Waals surface area contributed by atoms with Crippen molar-refractivity contribution in [3.63, 3.8) is 0 Å². The number of nitrogens with zero attached hydrogens (tertiary/aromatic N) is 2. The molecule has 112 valence electrons. The number of hydrogen-bond acceptors (Lipinski definition) is 5. The Morgan fingerprint density at radius 1 is 1.41 bits per heavy atom. The van der Waals surface area contributed by atoms with Gasteiger partial charge in [0.05, 0.1) is 11.3 Å². The second-order valence-electron chi connectivity index (χ2n) is 4.68. The van der Waals surface area contributed by atoms with E-state index in [2.05, 4.69) is 4.98 Å². The number of thiazole rings is 1. The Kier molecular flexibility index (Phi) is 3.72. The van der Waals surface area contributed by atoms with Crippen molar-refractivity contribution in [1.29, 1.82) is 0 Å². The lowest BCUT2D eigenvalue weighted by Crippen LogP contribution is -2.14. The van der Waals surface area contributed by atoms with Crippen LogP contribution in [0.5, 0.6) is 0 Å². The normalized spacial score (nSPS) is 10.8. The lowest BCUT2D eigenvalue weighted by Gasteiger charge is -2.05. The standard InChI is InChI=1S/C15H11FN2O3S/c1-9-2-3-10(6-12(9)16)14(20)21-8-11-7-13(19)18-4-5-22-15(18)17-11/h2-7H,8H2,1H3. The maximum atomic E-state index is 13.4. The Bertz CT molecular complexity index is 917. The number of rotatable bonds is 3. The maximum Gasteiger partial charge on any atom is 0.338 e. The molecule has 0 spiro atoms. The zero-order valence-corrected chi connectivity index (χ0v) is 12.4. The number of carbonyl (C=O) groups excluding carboxylic acids is 1. The summed E-state index contributed by atoms with van der Waals surface area (Å²) in [4.78, 5) is 28.4. The number of aromatic nitrogens is 2. The largest absolute Gasteiger partial charge is 0.456 e. The molecule has 0 aliphatic carbocycles. The molecule has 0 fully saturated rings. The molecule has 2 heterocycles. The van der Waals surface area contributed by atoms with Crippen LogP contribution in [0.2, 0.25) is 0 Å². The van der Waals surface area contributed by atoms with Gasteiger partial charge < -0.3 is 4.74 Å². The molecular weight excluding hydrogens is 307 g/mol. The van der Waals surface area contributed by atoms with Crippen LogP contribution in [0, 0.1) is 12.7 Å². The van der Waals surface area contributed by atoms with Crippen molar-refractivity contribution in [2.24, 2.45) is 0 Å². The van der Waals surface area contributed by atoms with Crippen LogP contribution in [0.3, 0.4) is 0 Å². The van der Waals surface area contributed by atoms with Crippen molar-refractivity contribution in [1.82, 2.24) is 9.38 Å². The molecule has 0 saturated heterocycles. The van der Waals surface area contributed by atoms with Gasteiger partial charge in [0.15, 0.2) is 4.96 Å². The van der Waals surface area contributed by atoms with Crippen LogP contribution in [0.15, 0.2) is 40.6 Å². The molecule has 0 unspecified atom stereocenters. The predicted molar refractivity (Wildman–Crippen MR) is 79.6 cm³/mol. The van der Waals surface area contributed by atoms with E-state index in [9.17, 15) is 14.0 Å². The second-order valence-corrected chi connectivity index (χ2v) is 5.55. The third-order valence-electron chi connectivity index (χ3n) is 3.11. The van der Waals surface area contributed by atoms with Gasteiger partial charge >= 0.3 is 5.97 Å². The molecule has 0 radical (unpaired) electrons. The highest BCUT2D eigenvalue weighted by atomic mass is 32.1. The number of aryl methyl sites for hydroxylation is 1. The first-order valence-electron chi connectivity index (χ1n) is 6.43. The average molecular weight is 318 g/mol. The fraction of sp³-hybridized carbons (Fsp3) is 0.133. The Labute approximate surface area is 128 Å². The van der Waals surface area contributed by atoms with Crippen molar-refractivity contribution in [3.05, 3.63) is 68.8 Å². The Hall–Kier alpha value is -2.54. The van der Waals surface area contributed by atoms with Gasteiger partial charge in [0.1, 0.15) is 12.4 Å². The summed E-state index contributed by atoms with van der Waals surface area (Å²) in [5.74, 6) is -1.13. The number of halogens is 1. The molecule has 0 bridgehead atoms. The highest BCUT2D eigenvalue weighted by Crippen LogP contribution is 2.12. The summed E-state index contributed by atoms with van der Waals surface area (Å²) < 4.78 is 19.9. The molecule has 7 heteroatoms. The second kappa shape index (κ2) is 5.69. The van der Waals surface area contributed by atoms with E-state index in [1.807, 2.05) is 0 Å². The van der Waals surface area contributed by atoms with Gasteiger partial charge in [-0.1, -0.05) is 6.07 Å². The lowest BCUT2D eigenvalue weighted by molar-refractivity contribution is 0.0467. The third-order valence-corrected chi connectivity index (χ3v) is 3.87. The maximum absolute atomic E-state index is 13.4. The van der Waals surface area contributed by atoms with Gasteiger partial charge in [-0.25, -0.2) is 14.2 Å². The summed E-state index contributed by atoms with van der Waals surface area (Å²) in [6.07, 6.45) is 1.63. The van der Waals surface area contributed by atoms with E-state index in [0.29, 0.717) is 16.2 Å². The summed E-state index contributed by atoms with van der Waals surface area (Å²) in [5, 5.41) is 1.74. The summed E-state index contributed by atoms with van der Waals surface area (Å²) >= 11 is 1.31. The highest BCUT2D eigenvalue weighted by Gasteiger charge is 2.11. The van der Waals surface area contributed by atoms with Crippen LogP contribution >= 0.6 is 11.3 Å². The first-order valence-corrected chi connectivity index (χ1v) is 7.31. The van der Waals surface area contributed by atoms with E-state index in [1.165, 1.54) is 33.9 Å². The molecule has 3 rings (SSSR count). The molecule has 0 aliphatic heterocycles. The Morgan fingerprint density at radius 2 is 2.23 bits per heavy atom. The monoisotopic (exact) mass is 318 g/mol. The highest BCUT2D eigenvalue weighted by molar-refractivity contribution is 7.15. The quantitative estimate of drug-likeness (QED) is 0.696. The number of benzene rings is 1. The fourth-order valence-electron chi connectivity index (χ4n) is 1.90. The SMILES string of the molecule is Cc1ccc(C(=O)OCc2cc(=O)n3ccsc3n2)cc1F. The van der Waals surface area contributed by atoms with E-state index in [1.54, 1.807) is 18.5 Å². The molecule has 0 N–H and O–H groups in total. The van der Waals surface area contributed by atoms with Crippen LogP contribution in [-0.2, 0) is 11.3 Å². The minimum absolute atomic E-state index is 0.122. The molecule has 0 atom stereocenters. The summed E-state index contributed by atoms with van der Waals surface area (Å²) in [6.45, 7) is 1.47. The van der Waals surface area contributed by atoms with Crippen molar-refractivity contribution in [2.45, 2.75) is 13.5 Å². The first-order chi connectivity index (χ1) is 10.5. The minimum Gasteiger partial charge on any atom is -0.456 e. The van der Waals surface area contributed by atoms with Gasteiger partial charge in [0.2, 0.25) is 0 Å². The van der Waals surface area contributed by atoms with Crippen molar-refractivity contribution >= 4 is 22.3 Å². The van der Waals surface area contributed by atoms with Crippen molar-refractivity contribution in [2.75, 3.05) is 0 Å². The summed E-state index contributed by atoms with van der Waals surface area (Å²) in [6, 6.07) is 5.44. The van der Waals surface area contributed by atoms with Crippen molar-refractivity contribution in [3.8, 4) is 0 Å². The average Bonchev–Trinajstić information content (AvgIpc) is 2.96. The fourth-order valence-corrected chi connectivity index (χ4v) is 2.64. The third kappa shape index (κ3) is 2.75. The van der Waals surface area contributed by atoms with E-state index in [4.69, 9.17) is 4.74 Å². The number of ether oxygens (including phenoxy) is 1. The van der Waals surface area contributed by atoms with E-state index in [-0.39, 0.29) is 17.7 Å². The molecule has 5 nitrogen and oxygen atoms in total. The van der Waals surface area contributed by atoms with E-state index in [0.717, 1.165) is 6.07 Å². The van der Waals surface area contributed by atoms with E-state index >= 15 is 0 Å². The van der Waals surface area contributed by atoms with Crippen LogP contribution in [0.1, 0.15) is 21.6 Å². The summed E-state index contributed by atoms with van der Waals surface area (Å²) in [7, 11) is 0. The van der Waals surface area contributed by atoms with Crippen LogP contribution in [0.25, 0.3) is 4.96 Å². The smallest absolute Gasteiger partial charge is 0.338 e. The van der Waals surface area contributed by atoms with Crippen LogP contribution in [-0.4, -0.2) is 15.4 Å². The predicted octanol–water partition coefficient (Wildman–Crippen LogP) is 2.56. The molecule has 2 aromatic heterocycles. The number of fused-ring (bicyclic) bond motifs is 1. The topological polar surface area (TPSA) is 60.7 Å². The van der Waals surface area contributed by atoms with Gasteiger partial charge in [0.25, 0.3) is 5.56 Å². The van der Waals surface area contributed by atoms with Crippen LogP contribution in [0.4, 0.5) is 4.39 Å². The summed E-state index contributed by atoms with van der Waals surface area (Å²) in [5.41, 5.74) is 0.693. The molecular formula is C15H11FN2O3S. The Morgan fingerprint density at radius 3 is 3.00 bits per heavy atom. The number of carbonyl (C=O) groups is 1. The molecule has 1 aromatic carbocycles. The molecule has 0 aliphatic rings. The van der Waals surface area contributed by atoms with Crippen LogP contribution < -0.4 is 5.56 Å². The zero-order valence-electron chi connectivity index (χ0n) is 11.6. The van der Waals surface area contributed by atoms with Gasteiger partial charge in [-0.2, -0.15) is 0 Å². The zero-order chi connectivity index (χ0) is 15.7. The van der Waals surface area contributed by atoms with Gasteiger partial charge in [-0.15, -0.1) is 11.3 Å². The van der Waals surface area contributed by atoms with Gasteiger partial charge in [-0.05, 0) is 24.6 Å². The lowest BCUT2D eigenvalue weighted by atomic mass is 10.1. The number of hydrogen-bond donors (Lipinski definition) is 0. The molecule has 0 saturated carbocycles. The molecule has 0 amide bonds. The number of esters is 1. The molecule has 22 heavy (non-hydrogen) atoms. The van der Waals surface area contributed by atoms with Crippen molar-refractivity contribution < 1.29 is 13.9 Å². The minimum atomic E-state index is -0.660. The Balaban J connectivity index is 1.76. The van der Waals surface area contributed by atoms with Gasteiger partial charge in [0, 0.05) is 17.6 Å². The first kappa shape index (κ1) is 14.4.